The fraction of sp³-hybridized carbons (Fsp3) is 0.579. The molecule has 1 aromatic carbocycles. The van der Waals surface area contributed by atoms with E-state index in [0.29, 0.717) is 6.04 Å². The molecule has 0 bridgehead atoms. The molecule has 1 N–H and O–H groups in total. The number of hydrogen-bond donors (Lipinski definition) is 1. The first-order valence-electron chi connectivity index (χ1n) is 8.42. The van der Waals surface area contributed by atoms with E-state index in [1.165, 1.54) is 44.1 Å². The quantitative estimate of drug-likeness (QED) is 0.742. The van der Waals surface area contributed by atoms with Gasteiger partial charge in [-0.2, -0.15) is 0 Å². The lowest BCUT2D eigenvalue weighted by Crippen LogP contribution is -2.25. The highest BCUT2D eigenvalue weighted by Gasteiger charge is 2.19. The van der Waals surface area contributed by atoms with E-state index < -0.39 is 0 Å². The van der Waals surface area contributed by atoms with E-state index in [4.69, 9.17) is 4.74 Å². The van der Waals surface area contributed by atoms with Crippen LogP contribution >= 0.6 is 0 Å². The monoisotopic (exact) mass is 287 g/mol. The van der Waals surface area contributed by atoms with Crippen LogP contribution in [0.15, 0.2) is 35.9 Å². The summed E-state index contributed by atoms with van der Waals surface area (Å²) in [5.74, 6) is 0.995. The van der Waals surface area contributed by atoms with Crippen LogP contribution in [0.2, 0.25) is 0 Å². The van der Waals surface area contributed by atoms with Crippen LogP contribution < -0.4 is 10.1 Å². The smallest absolute Gasteiger partial charge is 0.123 e. The number of rotatable bonds is 6. The first kappa shape index (κ1) is 16.1. The summed E-state index contributed by atoms with van der Waals surface area (Å²) in [5.41, 5.74) is 2.83. The molecular weight excluding hydrogens is 258 g/mol. The minimum absolute atomic E-state index is 0.305. The van der Waals surface area contributed by atoms with Crippen LogP contribution in [0.3, 0.4) is 0 Å². The Morgan fingerprint density at radius 2 is 1.95 bits per heavy atom. The second kappa shape index (κ2) is 8.89. The van der Waals surface area contributed by atoms with Crippen LogP contribution in [0.5, 0.6) is 5.75 Å². The zero-order chi connectivity index (χ0) is 14.9. The molecule has 0 amide bonds. The Kier molecular flexibility index (Phi) is 6.81. The van der Waals surface area contributed by atoms with Crippen molar-refractivity contribution < 1.29 is 4.74 Å². The van der Waals surface area contributed by atoms with Gasteiger partial charge in [-0.15, -0.1) is 0 Å². The van der Waals surface area contributed by atoms with E-state index in [9.17, 15) is 0 Å². The number of methoxy groups -OCH3 is 1. The van der Waals surface area contributed by atoms with Crippen molar-refractivity contribution in [3.05, 3.63) is 41.5 Å². The van der Waals surface area contributed by atoms with Gasteiger partial charge in [0.2, 0.25) is 0 Å². The Morgan fingerprint density at radius 1 is 1.14 bits per heavy atom. The summed E-state index contributed by atoms with van der Waals surface area (Å²) < 4.78 is 5.59. The summed E-state index contributed by atoms with van der Waals surface area (Å²) in [6.45, 7) is 3.26. The first-order valence-corrected chi connectivity index (χ1v) is 8.42. The minimum Gasteiger partial charge on any atom is -0.496 e. The molecule has 0 saturated heterocycles. The number of hydrogen-bond acceptors (Lipinski definition) is 2. The van der Waals surface area contributed by atoms with Gasteiger partial charge in [0.1, 0.15) is 5.75 Å². The van der Waals surface area contributed by atoms with Gasteiger partial charge in [0, 0.05) is 5.56 Å². The molecule has 1 atom stereocenters. The topological polar surface area (TPSA) is 21.3 Å². The van der Waals surface area contributed by atoms with E-state index >= 15 is 0 Å². The molecule has 0 aliphatic heterocycles. The zero-order valence-electron chi connectivity index (χ0n) is 13.5. The lowest BCUT2D eigenvalue weighted by molar-refractivity contribution is 0.402. The van der Waals surface area contributed by atoms with E-state index in [0.717, 1.165) is 18.7 Å². The molecule has 1 aromatic rings. The lowest BCUT2D eigenvalue weighted by atomic mass is 9.90. The molecule has 21 heavy (non-hydrogen) atoms. The van der Waals surface area contributed by atoms with Gasteiger partial charge in [0.25, 0.3) is 0 Å². The Morgan fingerprint density at radius 3 is 2.76 bits per heavy atom. The van der Waals surface area contributed by atoms with Crippen molar-refractivity contribution in [3.8, 4) is 5.75 Å². The number of nitrogens with one attached hydrogen (secondary N) is 1. The van der Waals surface area contributed by atoms with Crippen molar-refractivity contribution in [2.75, 3.05) is 13.7 Å². The van der Waals surface area contributed by atoms with Crippen molar-refractivity contribution in [3.63, 3.8) is 0 Å². The molecule has 2 nitrogen and oxygen atoms in total. The fourth-order valence-electron chi connectivity index (χ4n) is 3.11. The summed E-state index contributed by atoms with van der Waals surface area (Å²) in [4.78, 5) is 0. The molecule has 0 aromatic heterocycles. The van der Waals surface area contributed by atoms with E-state index in [1.54, 1.807) is 12.7 Å². The first-order chi connectivity index (χ1) is 10.4. The Hall–Kier alpha value is -1.28. The molecule has 1 aliphatic rings. The van der Waals surface area contributed by atoms with Crippen LogP contribution in [0.25, 0.3) is 0 Å². The largest absolute Gasteiger partial charge is 0.496 e. The van der Waals surface area contributed by atoms with Crippen molar-refractivity contribution >= 4 is 0 Å². The zero-order valence-corrected chi connectivity index (χ0v) is 13.5. The highest BCUT2D eigenvalue weighted by atomic mass is 16.5. The number of para-hydroxylation sites is 1. The van der Waals surface area contributed by atoms with Crippen molar-refractivity contribution in [2.45, 2.75) is 57.9 Å². The summed E-state index contributed by atoms with van der Waals surface area (Å²) >= 11 is 0. The maximum Gasteiger partial charge on any atom is 0.123 e. The van der Waals surface area contributed by atoms with Crippen LogP contribution in [-0.2, 0) is 0 Å². The average molecular weight is 287 g/mol. The van der Waals surface area contributed by atoms with Gasteiger partial charge < -0.3 is 10.1 Å². The Balaban J connectivity index is 2.27. The van der Waals surface area contributed by atoms with Crippen LogP contribution in [0.4, 0.5) is 0 Å². The second-order valence-corrected chi connectivity index (χ2v) is 5.86. The van der Waals surface area contributed by atoms with Crippen LogP contribution in [0, 0.1) is 0 Å². The molecule has 1 aliphatic carbocycles. The van der Waals surface area contributed by atoms with E-state index in [2.05, 4.69) is 36.5 Å². The second-order valence-electron chi connectivity index (χ2n) is 5.86. The molecule has 0 heterocycles. The predicted octanol–water partition coefficient (Wildman–Crippen LogP) is 5.02. The molecule has 0 saturated carbocycles. The number of benzene rings is 1. The van der Waals surface area contributed by atoms with Crippen molar-refractivity contribution in [1.29, 1.82) is 0 Å². The molecule has 1 unspecified atom stereocenters. The third-order valence-corrected chi connectivity index (χ3v) is 4.25. The van der Waals surface area contributed by atoms with Gasteiger partial charge in [-0.05, 0) is 44.7 Å². The maximum atomic E-state index is 5.59. The normalized spacial score (nSPS) is 20.0. The molecular formula is C19H29NO. The number of ether oxygens (including phenoxy) is 1. The molecule has 2 heteroatoms. The molecule has 0 spiro atoms. The van der Waals surface area contributed by atoms with E-state index in [1.807, 2.05) is 6.07 Å². The van der Waals surface area contributed by atoms with Gasteiger partial charge in [0.05, 0.1) is 13.2 Å². The van der Waals surface area contributed by atoms with Gasteiger partial charge in [-0.3, -0.25) is 0 Å². The molecule has 0 fully saturated rings. The van der Waals surface area contributed by atoms with Crippen LogP contribution in [0.1, 0.15) is 63.5 Å². The molecule has 116 valence electrons. The highest BCUT2D eigenvalue weighted by Crippen LogP contribution is 2.33. The fourth-order valence-corrected chi connectivity index (χ4v) is 3.11. The molecule has 0 radical (unpaired) electrons. The predicted molar refractivity (Wildman–Crippen MR) is 89.8 cm³/mol. The Bertz CT molecular complexity index is 453. The van der Waals surface area contributed by atoms with Crippen LogP contribution in [-0.4, -0.2) is 13.7 Å². The SMILES string of the molecule is CCCNC(/C1=C/CCCCCC1)c1ccccc1OC. The summed E-state index contributed by atoms with van der Waals surface area (Å²) in [7, 11) is 1.77. The van der Waals surface area contributed by atoms with Gasteiger partial charge in [0.15, 0.2) is 0 Å². The van der Waals surface area contributed by atoms with Gasteiger partial charge >= 0.3 is 0 Å². The summed E-state index contributed by atoms with van der Waals surface area (Å²) in [6.07, 6.45) is 11.4. The number of allylic oxidation sites excluding steroid dienone is 1. The van der Waals surface area contributed by atoms with E-state index in [-0.39, 0.29) is 0 Å². The van der Waals surface area contributed by atoms with Crippen molar-refractivity contribution in [1.82, 2.24) is 5.32 Å². The third kappa shape index (κ3) is 4.60. The third-order valence-electron chi connectivity index (χ3n) is 4.25. The highest BCUT2D eigenvalue weighted by molar-refractivity contribution is 5.40. The molecule has 2 rings (SSSR count). The summed E-state index contributed by atoms with van der Waals surface area (Å²) in [6, 6.07) is 8.73. The van der Waals surface area contributed by atoms with Gasteiger partial charge in [-0.25, -0.2) is 0 Å². The minimum atomic E-state index is 0.305. The van der Waals surface area contributed by atoms with Crippen molar-refractivity contribution in [2.24, 2.45) is 0 Å². The maximum absolute atomic E-state index is 5.59. The average Bonchev–Trinajstić information content (AvgIpc) is 2.49. The lowest BCUT2D eigenvalue weighted by Gasteiger charge is -2.25. The van der Waals surface area contributed by atoms with Gasteiger partial charge in [-0.1, -0.05) is 49.6 Å². The Labute approximate surface area is 129 Å². The standard InChI is InChI=1S/C19H29NO/c1-3-15-20-19(16-11-7-5-4-6-8-12-16)17-13-9-10-14-18(17)21-2/h9-11,13-14,19-20H,3-8,12,15H2,1-2H3/b16-11+. The summed E-state index contributed by atoms with van der Waals surface area (Å²) in [5, 5.41) is 3.73.